The Morgan fingerprint density at radius 3 is 2.27 bits per heavy atom. The largest absolute Gasteiger partial charge is 0.464 e. The third-order valence-electron chi connectivity index (χ3n) is 1.38. The third-order valence-corrected chi connectivity index (χ3v) is 1.38. The molecule has 3 nitrogen and oxygen atoms in total. The van der Waals surface area contributed by atoms with E-state index in [4.69, 9.17) is 9.47 Å². The van der Waals surface area contributed by atoms with Crippen molar-refractivity contribution < 1.29 is 14.3 Å². The van der Waals surface area contributed by atoms with E-state index in [9.17, 15) is 4.79 Å². The van der Waals surface area contributed by atoms with E-state index in [1.54, 1.807) is 6.92 Å². The van der Waals surface area contributed by atoms with Crippen LogP contribution in [0.3, 0.4) is 0 Å². The van der Waals surface area contributed by atoms with Gasteiger partial charge in [0.25, 0.3) is 0 Å². The van der Waals surface area contributed by atoms with E-state index in [0.29, 0.717) is 6.61 Å². The highest BCUT2D eigenvalue weighted by Crippen LogP contribution is 2.06. The Kier molecular flexibility index (Phi) is 4.86. The molecule has 66 valence electrons. The van der Waals surface area contributed by atoms with Crippen LogP contribution in [-0.4, -0.2) is 25.8 Å². The van der Waals surface area contributed by atoms with Crippen molar-refractivity contribution in [3.05, 3.63) is 0 Å². The number of ether oxygens (including phenoxy) is 2. The molecule has 0 saturated carbocycles. The van der Waals surface area contributed by atoms with Crippen molar-refractivity contribution >= 4 is 5.97 Å². The molecule has 0 rings (SSSR count). The third kappa shape index (κ3) is 3.37. The van der Waals surface area contributed by atoms with E-state index in [1.165, 1.54) is 7.11 Å². The van der Waals surface area contributed by atoms with Gasteiger partial charge >= 0.3 is 5.97 Å². The summed E-state index contributed by atoms with van der Waals surface area (Å²) in [5, 5.41) is 0. The smallest absolute Gasteiger partial charge is 0.335 e. The van der Waals surface area contributed by atoms with Crippen molar-refractivity contribution in [2.45, 2.75) is 26.9 Å². The van der Waals surface area contributed by atoms with Gasteiger partial charge in [-0.3, -0.25) is 0 Å². The molecule has 0 amide bonds. The number of esters is 1. The molecule has 0 heterocycles. The van der Waals surface area contributed by atoms with Gasteiger partial charge in [0.1, 0.15) is 0 Å². The summed E-state index contributed by atoms with van der Waals surface area (Å²) in [5.74, 6) is -0.107. The minimum atomic E-state index is -0.421. The highest BCUT2D eigenvalue weighted by molar-refractivity contribution is 5.74. The Bertz CT molecular complexity index is 121. The Hall–Kier alpha value is -0.570. The Morgan fingerprint density at radius 2 is 2.00 bits per heavy atom. The van der Waals surface area contributed by atoms with E-state index in [-0.39, 0.29) is 11.9 Å². The number of carbonyl (C=O) groups is 1. The first-order valence-electron chi connectivity index (χ1n) is 3.82. The summed E-state index contributed by atoms with van der Waals surface area (Å²) in [4.78, 5) is 11.1. The van der Waals surface area contributed by atoms with Gasteiger partial charge in [-0.1, -0.05) is 13.8 Å². The number of rotatable bonds is 4. The summed E-state index contributed by atoms with van der Waals surface area (Å²) in [6, 6.07) is 0. The summed E-state index contributed by atoms with van der Waals surface area (Å²) in [5.41, 5.74) is 0. The van der Waals surface area contributed by atoms with Gasteiger partial charge < -0.3 is 9.47 Å². The second kappa shape index (κ2) is 5.13. The molecule has 0 aliphatic carbocycles. The van der Waals surface area contributed by atoms with Crippen molar-refractivity contribution in [1.29, 1.82) is 0 Å². The number of hydrogen-bond acceptors (Lipinski definition) is 3. The molecular formula is C8H16O3. The molecule has 0 aromatic carbocycles. The lowest BCUT2D eigenvalue weighted by Gasteiger charge is -2.16. The maximum atomic E-state index is 11.1. The summed E-state index contributed by atoms with van der Waals surface area (Å²) in [6.45, 7) is 6.03. The SMILES string of the molecule is CCOC(=O)[C@H](OC)C(C)C. The van der Waals surface area contributed by atoms with Gasteiger partial charge in [-0.25, -0.2) is 4.79 Å². The second-order valence-corrected chi connectivity index (χ2v) is 2.65. The molecule has 0 spiro atoms. The van der Waals surface area contributed by atoms with Crippen molar-refractivity contribution in [2.75, 3.05) is 13.7 Å². The fourth-order valence-corrected chi connectivity index (χ4v) is 0.865. The van der Waals surface area contributed by atoms with E-state index < -0.39 is 6.10 Å². The van der Waals surface area contributed by atoms with E-state index in [0.717, 1.165) is 0 Å². The maximum Gasteiger partial charge on any atom is 0.335 e. The van der Waals surface area contributed by atoms with Gasteiger partial charge in [0.2, 0.25) is 0 Å². The zero-order valence-electron chi connectivity index (χ0n) is 7.59. The molecule has 0 aliphatic heterocycles. The molecule has 0 bridgehead atoms. The average Bonchev–Trinajstić information content (AvgIpc) is 1.88. The fourth-order valence-electron chi connectivity index (χ4n) is 0.865. The molecule has 0 fully saturated rings. The van der Waals surface area contributed by atoms with Gasteiger partial charge in [-0.05, 0) is 12.8 Å². The lowest BCUT2D eigenvalue weighted by molar-refractivity contribution is -0.157. The molecule has 1 atom stereocenters. The number of hydrogen-bond donors (Lipinski definition) is 0. The highest BCUT2D eigenvalue weighted by Gasteiger charge is 2.22. The van der Waals surface area contributed by atoms with Crippen LogP contribution in [0.5, 0.6) is 0 Å². The van der Waals surface area contributed by atoms with E-state index >= 15 is 0 Å². The molecule has 0 unspecified atom stereocenters. The van der Waals surface area contributed by atoms with Gasteiger partial charge in [0.05, 0.1) is 6.61 Å². The molecule has 0 saturated heterocycles. The van der Waals surface area contributed by atoms with Gasteiger partial charge in [0.15, 0.2) is 6.10 Å². The lowest BCUT2D eigenvalue weighted by Crippen LogP contribution is -2.30. The van der Waals surface area contributed by atoms with Crippen LogP contribution in [0.1, 0.15) is 20.8 Å². The molecule has 0 N–H and O–H groups in total. The molecule has 0 aromatic rings. The quantitative estimate of drug-likeness (QED) is 0.580. The highest BCUT2D eigenvalue weighted by atomic mass is 16.6. The van der Waals surface area contributed by atoms with Gasteiger partial charge in [-0.15, -0.1) is 0 Å². The van der Waals surface area contributed by atoms with Crippen molar-refractivity contribution in [3.8, 4) is 0 Å². The number of methoxy groups -OCH3 is 1. The minimum absolute atomic E-state index is 0.166. The summed E-state index contributed by atoms with van der Waals surface area (Å²) < 4.78 is 9.74. The molecule has 0 aliphatic rings. The normalized spacial score (nSPS) is 13.2. The standard InChI is InChI=1S/C8H16O3/c1-5-11-8(9)7(10-4)6(2)3/h6-7H,5H2,1-4H3/t7-/m1/s1. The average molecular weight is 160 g/mol. The van der Waals surface area contributed by atoms with Crippen LogP contribution >= 0.6 is 0 Å². The predicted octanol–water partition coefficient (Wildman–Crippen LogP) is 1.22. The Labute approximate surface area is 67.7 Å². The summed E-state index contributed by atoms with van der Waals surface area (Å²) in [7, 11) is 1.52. The van der Waals surface area contributed by atoms with E-state index in [2.05, 4.69) is 0 Å². The Morgan fingerprint density at radius 1 is 1.45 bits per heavy atom. The summed E-state index contributed by atoms with van der Waals surface area (Å²) >= 11 is 0. The molecular weight excluding hydrogens is 144 g/mol. The van der Waals surface area contributed by atoms with Crippen LogP contribution < -0.4 is 0 Å². The minimum Gasteiger partial charge on any atom is -0.464 e. The van der Waals surface area contributed by atoms with Crippen LogP contribution in [0.25, 0.3) is 0 Å². The van der Waals surface area contributed by atoms with Crippen molar-refractivity contribution in [1.82, 2.24) is 0 Å². The Balaban J connectivity index is 3.92. The van der Waals surface area contributed by atoms with E-state index in [1.807, 2.05) is 13.8 Å². The monoisotopic (exact) mass is 160 g/mol. The van der Waals surface area contributed by atoms with Crippen LogP contribution in [0, 0.1) is 5.92 Å². The van der Waals surface area contributed by atoms with Gasteiger partial charge in [-0.2, -0.15) is 0 Å². The second-order valence-electron chi connectivity index (χ2n) is 2.65. The van der Waals surface area contributed by atoms with Crippen LogP contribution in [0.15, 0.2) is 0 Å². The zero-order valence-corrected chi connectivity index (χ0v) is 7.59. The zero-order chi connectivity index (χ0) is 8.85. The first-order chi connectivity index (χ1) is 5.13. The predicted molar refractivity (Wildman–Crippen MR) is 42.3 cm³/mol. The maximum absolute atomic E-state index is 11.1. The number of carbonyl (C=O) groups excluding carboxylic acids is 1. The van der Waals surface area contributed by atoms with Crippen LogP contribution in [-0.2, 0) is 14.3 Å². The van der Waals surface area contributed by atoms with Crippen LogP contribution in [0.2, 0.25) is 0 Å². The molecule has 0 radical (unpaired) electrons. The lowest BCUT2D eigenvalue weighted by atomic mass is 10.1. The topological polar surface area (TPSA) is 35.5 Å². The fraction of sp³-hybridized carbons (Fsp3) is 0.875. The summed E-state index contributed by atoms with van der Waals surface area (Å²) in [6.07, 6.45) is -0.421. The van der Waals surface area contributed by atoms with Crippen LogP contribution in [0.4, 0.5) is 0 Å². The first-order valence-corrected chi connectivity index (χ1v) is 3.82. The molecule has 3 heteroatoms. The van der Waals surface area contributed by atoms with Crippen molar-refractivity contribution in [2.24, 2.45) is 5.92 Å². The molecule has 11 heavy (non-hydrogen) atoms. The van der Waals surface area contributed by atoms with Crippen molar-refractivity contribution in [3.63, 3.8) is 0 Å². The van der Waals surface area contributed by atoms with Gasteiger partial charge in [0, 0.05) is 7.11 Å². The molecule has 0 aromatic heterocycles. The first kappa shape index (κ1) is 10.4.